The van der Waals surface area contributed by atoms with Gasteiger partial charge in [0, 0.05) is 19.7 Å². The second kappa shape index (κ2) is 3.73. The minimum absolute atomic E-state index is 0.138. The zero-order valence-electron chi connectivity index (χ0n) is 8.66. The lowest BCUT2D eigenvalue weighted by atomic mass is 10.1. The SMILES string of the molecule is Cc1nc(C(=O)CC(C)C)cn1C. The summed E-state index contributed by atoms with van der Waals surface area (Å²) in [5.41, 5.74) is 0.591. The first-order chi connectivity index (χ1) is 6.00. The number of imidazole rings is 1. The molecular formula is C10H16N2O. The molecule has 13 heavy (non-hydrogen) atoms. The molecule has 0 unspecified atom stereocenters. The van der Waals surface area contributed by atoms with Crippen molar-refractivity contribution in [1.82, 2.24) is 9.55 Å². The van der Waals surface area contributed by atoms with Gasteiger partial charge in [-0.05, 0) is 12.8 Å². The van der Waals surface area contributed by atoms with Gasteiger partial charge in [-0.3, -0.25) is 4.79 Å². The Morgan fingerprint density at radius 3 is 2.62 bits per heavy atom. The number of aryl methyl sites for hydroxylation is 2. The van der Waals surface area contributed by atoms with Gasteiger partial charge in [-0.15, -0.1) is 0 Å². The lowest BCUT2D eigenvalue weighted by Gasteiger charge is -1.99. The third kappa shape index (κ3) is 2.41. The van der Waals surface area contributed by atoms with Gasteiger partial charge in [0.15, 0.2) is 5.78 Å². The summed E-state index contributed by atoms with van der Waals surface area (Å²) in [4.78, 5) is 15.7. The monoisotopic (exact) mass is 180 g/mol. The van der Waals surface area contributed by atoms with Crippen LogP contribution in [0.15, 0.2) is 6.20 Å². The smallest absolute Gasteiger partial charge is 0.183 e. The van der Waals surface area contributed by atoms with Gasteiger partial charge in [-0.25, -0.2) is 4.98 Å². The molecule has 0 amide bonds. The number of Topliss-reactive ketones (excluding diaryl/α,β-unsaturated/α-hetero) is 1. The molecule has 0 saturated carbocycles. The molecule has 1 aromatic rings. The van der Waals surface area contributed by atoms with Crippen molar-refractivity contribution in [2.75, 3.05) is 0 Å². The fraction of sp³-hybridized carbons (Fsp3) is 0.600. The van der Waals surface area contributed by atoms with E-state index in [1.807, 2.05) is 32.4 Å². The highest BCUT2D eigenvalue weighted by molar-refractivity contribution is 5.94. The molecule has 3 heteroatoms. The highest BCUT2D eigenvalue weighted by Gasteiger charge is 2.11. The molecule has 0 aromatic carbocycles. The summed E-state index contributed by atoms with van der Waals surface area (Å²) in [5.74, 6) is 1.42. The van der Waals surface area contributed by atoms with Crippen LogP contribution in [0.2, 0.25) is 0 Å². The predicted octanol–water partition coefficient (Wildman–Crippen LogP) is 1.96. The van der Waals surface area contributed by atoms with Gasteiger partial charge in [0.2, 0.25) is 0 Å². The van der Waals surface area contributed by atoms with Crippen LogP contribution in [0, 0.1) is 12.8 Å². The maximum atomic E-state index is 11.5. The van der Waals surface area contributed by atoms with Gasteiger partial charge in [0.25, 0.3) is 0 Å². The van der Waals surface area contributed by atoms with E-state index in [1.165, 1.54) is 0 Å². The fourth-order valence-electron chi connectivity index (χ4n) is 1.17. The molecule has 0 N–H and O–H groups in total. The normalized spacial score (nSPS) is 10.8. The number of carbonyl (C=O) groups is 1. The van der Waals surface area contributed by atoms with Gasteiger partial charge < -0.3 is 4.57 Å². The zero-order chi connectivity index (χ0) is 10.0. The van der Waals surface area contributed by atoms with E-state index in [0.717, 1.165) is 5.82 Å². The molecule has 1 heterocycles. The van der Waals surface area contributed by atoms with Gasteiger partial charge in [-0.1, -0.05) is 13.8 Å². The Morgan fingerprint density at radius 1 is 1.62 bits per heavy atom. The van der Waals surface area contributed by atoms with E-state index in [9.17, 15) is 4.79 Å². The molecule has 1 rings (SSSR count). The Hall–Kier alpha value is -1.12. The Morgan fingerprint density at radius 2 is 2.23 bits per heavy atom. The molecule has 0 radical (unpaired) electrons. The molecule has 0 aliphatic carbocycles. The lowest BCUT2D eigenvalue weighted by Crippen LogP contribution is -2.03. The molecule has 0 fully saturated rings. The first-order valence-electron chi connectivity index (χ1n) is 4.54. The molecule has 3 nitrogen and oxygen atoms in total. The van der Waals surface area contributed by atoms with Crippen LogP contribution in [0.5, 0.6) is 0 Å². The topological polar surface area (TPSA) is 34.9 Å². The van der Waals surface area contributed by atoms with Crippen LogP contribution in [-0.4, -0.2) is 15.3 Å². The maximum absolute atomic E-state index is 11.5. The van der Waals surface area contributed by atoms with E-state index >= 15 is 0 Å². The minimum Gasteiger partial charge on any atom is -0.337 e. The third-order valence-corrected chi connectivity index (χ3v) is 1.99. The number of rotatable bonds is 3. The van der Waals surface area contributed by atoms with E-state index in [-0.39, 0.29) is 5.78 Å². The second-order valence-electron chi connectivity index (χ2n) is 3.81. The van der Waals surface area contributed by atoms with Crippen molar-refractivity contribution < 1.29 is 4.79 Å². The average Bonchev–Trinajstić information content (AvgIpc) is 2.31. The number of carbonyl (C=O) groups excluding carboxylic acids is 1. The van der Waals surface area contributed by atoms with Crippen LogP contribution in [0.4, 0.5) is 0 Å². The fourth-order valence-corrected chi connectivity index (χ4v) is 1.17. The molecule has 72 valence electrons. The van der Waals surface area contributed by atoms with Crippen molar-refractivity contribution in [2.45, 2.75) is 27.2 Å². The number of ketones is 1. The maximum Gasteiger partial charge on any atom is 0.183 e. The Balaban J connectivity index is 2.77. The molecule has 0 aliphatic rings. The second-order valence-corrected chi connectivity index (χ2v) is 3.81. The Kier molecular flexibility index (Phi) is 2.86. The van der Waals surface area contributed by atoms with E-state index in [0.29, 0.717) is 18.0 Å². The summed E-state index contributed by atoms with van der Waals surface area (Å²) >= 11 is 0. The first kappa shape index (κ1) is 9.96. The number of hydrogen-bond donors (Lipinski definition) is 0. The van der Waals surface area contributed by atoms with Gasteiger partial charge in [0.1, 0.15) is 11.5 Å². The van der Waals surface area contributed by atoms with Crippen molar-refractivity contribution in [3.05, 3.63) is 17.7 Å². The number of nitrogens with zero attached hydrogens (tertiary/aromatic N) is 2. The third-order valence-electron chi connectivity index (χ3n) is 1.99. The predicted molar refractivity (Wildman–Crippen MR) is 51.7 cm³/mol. The molecule has 0 atom stereocenters. The minimum atomic E-state index is 0.138. The molecule has 0 aliphatic heterocycles. The van der Waals surface area contributed by atoms with Crippen LogP contribution in [0.25, 0.3) is 0 Å². The van der Waals surface area contributed by atoms with E-state index in [1.54, 1.807) is 6.20 Å². The Labute approximate surface area is 78.8 Å². The van der Waals surface area contributed by atoms with Gasteiger partial charge in [-0.2, -0.15) is 0 Å². The summed E-state index contributed by atoms with van der Waals surface area (Å²) in [7, 11) is 1.90. The summed E-state index contributed by atoms with van der Waals surface area (Å²) in [5, 5.41) is 0. The van der Waals surface area contributed by atoms with Gasteiger partial charge >= 0.3 is 0 Å². The summed E-state index contributed by atoms with van der Waals surface area (Å²) in [6.07, 6.45) is 2.37. The molecule has 1 aromatic heterocycles. The van der Waals surface area contributed by atoms with Crippen LogP contribution < -0.4 is 0 Å². The summed E-state index contributed by atoms with van der Waals surface area (Å²) in [6.45, 7) is 5.97. The quantitative estimate of drug-likeness (QED) is 0.666. The highest BCUT2D eigenvalue weighted by atomic mass is 16.1. The molecule has 0 saturated heterocycles. The molecule has 0 spiro atoms. The number of aromatic nitrogens is 2. The zero-order valence-corrected chi connectivity index (χ0v) is 8.66. The largest absolute Gasteiger partial charge is 0.337 e. The summed E-state index contributed by atoms with van der Waals surface area (Å²) in [6, 6.07) is 0. The van der Waals surface area contributed by atoms with Crippen LogP contribution in [0.1, 0.15) is 36.6 Å². The van der Waals surface area contributed by atoms with E-state index in [4.69, 9.17) is 0 Å². The first-order valence-corrected chi connectivity index (χ1v) is 4.54. The average molecular weight is 180 g/mol. The molecule has 0 bridgehead atoms. The lowest BCUT2D eigenvalue weighted by molar-refractivity contribution is 0.0963. The standard InChI is InChI=1S/C10H16N2O/c1-7(2)5-10(13)9-6-12(4)8(3)11-9/h6-7H,5H2,1-4H3. The van der Waals surface area contributed by atoms with E-state index in [2.05, 4.69) is 4.98 Å². The van der Waals surface area contributed by atoms with Crippen molar-refractivity contribution in [3.63, 3.8) is 0 Å². The van der Waals surface area contributed by atoms with Crippen molar-refractivity contribution >= 4 is 5.78 Å². The van der Waals surface area contributed by atoms with Crippen LogP contribution in [0.3, 0.4) is 0 Å². The molecular weight excluding hydrogens is 164 g/mol. The van der Waals surface area contributed by atoms with Crippen molar-refractivity contribution in [3.8, 4) is 0 Å². The highest BCUT2D eigenvalue weighted by Crippen LogP contribution is 2.08. The van der Waals surface area contributed by atoms with Crippen molar-refractivity contribution in [1.29, 1.82) is 0 Å². The number of hydrogen-bond acceptors (Lipinski definition) is 2. The summed E-state index contributed by atoms with van der Waals surface area (Å²) < 4.78 is 1.87. The van der Waals surface area contributed by atoms with Crippen LogP contribution >= 0.6 is 0 Å². The Bertz CT molecular complexity index is 293. The van der Waals surface area contributed by atoms with Crippen molar-refractivity contribution in [2.24, 2.45) is 13.0 Å². The van der Waals surface area contributed by atoms with Gasteiger partial charge in [0.05, 0.1) is 0 Å². The van der Waals surface area contributed by atoms with Crippen LogP contribution in [-0.2, 0) is 7.05 Å². The van der Waals surface area contributed by atoms with E-state index < -0.39 is 0 Å².